The Balaban J connectivity index is 1.36. The van der Waals surface area contributed by atoms with E-state index in [1.54, 1.807) is 0 Å². The van der Waals surface area contributed by atoms with E-state index < -0.39 is 5.79 Å². The minimum absolute atomic E-state index is 0.0624. The summed E-state index contributed by atoms with van der Waals surface area (Å²) >= 11 is 0. The van der Waals surface area contributed by atoms with E-state index in [0.29, 0.717) is 17.4 Å². The fourth-order valence-electron chi connectivity index (χ4n) is 5.42. The summed E-state index contributed by atoms with van der Waals surface area (Å²) in [5.74, 6) is -0.197. The molecule has 7 N–H and O–H groups in total. The van der Waals surface area contributed by atoms with Crippen LogP contribution in [0, 0.1) is 17.7 Å². The lowest BCUT2D eigenvalue weighted by Gasteiger charge is -2.27. The number of hydrogen-bond acceptors (Lipinski definition) is 7. The average molecular weight is 373 g/mol. The Morgan fingerprint density at radius 3 is 2.74 bits per heavy atom. The molecule has 3 fully saturated rings. The monoisotopic (exact) mass is 373 g/mol. The van der Waals surface area contributed by atoms with Crippen LogP contribution in [0.3, 0.4) is 0 Å². The highest BCUT2D eigenvalue weighted by Crippen LogP contribution is 2.42. The third kappa shape index (κ3) is 2.91. The lowest BCUT2D eigenvalue weighted by Crippen LogP contribution is -2.50. The van der Waals surface area contributed by atoms with E-state index >= 15 is 4.39 Å². The SMILES string of the molecule is NC1=NC(N)(c2ccc(C3NCC4CN(C5CCCC5)CC43)c(F)c2)NN1. The molecule has 1 aromatic carbocycles. The van der Waals surface area contributed by atoms with Gasteiger partial charge in [-0.15, -0.1) is 0 Å². The largest absolute Gasteiger partial charge is 0.369 e. The van der Waals surface area contributed by atoms with Gasteiger partial charge >= 0.3 is 0 Å². The van der Waals surface area contributed by atoms with E-state index in [4.69, 9.17) is 11.5 Å². The maximum atomic E-state index is 15.0. The van der Waals surface area contributed by atoms with Gasteiger partial charge in [-0.3, -0.25) is 16.1 Å². The van der Waals surface area contributed by atoms with Gasteiger partial charge in [0.2, 0.25) is 11.7 Å². The number of guanidine groups is 1. The molecule has 8 heteroatoms. The number of benzene rings is 1. The number of aliphatic imine (C=N–C) groups is 1. The maximum Gasteiger partial charge on any atom is 0.209 e. The van der Waals surface area contributed by atoms with Crippen molar-refractivity contribution in [2.45, 2.75) is 43.6 Å². The predicted octanol–water partition coefficient (Wildman–Crippen LogP) is 0.452. The summed E-state index contributed by atoms with van der Waals surface area (Å²) in [5, 5.41) is 3.56. The number of nitrogens with one attached hydrogen (secondary N) is 3. The molecule has 1 saturated carbocycles. The molecule has 146 valence electrons. The third-order valence-corrected chi connectivity index (χ3v) is 6.84. The Kier molecular flexibility index (Phi) is 4.12. The number of rotatable bonds is 3. The molecule has 0 amide bonds. The first kappa shape index (κ1) is 17.4. The Bertz CT molecular complexity index is 762. The molecule has 1 aliphatic carbocycles. The molecule has 1 aromatic rings. The van der Waals surface area contributed by atoms with Crippen LogP contribution in [-0.2, 0) is 5.79 Å². The van der Waals surface area contributed by atoms with E-state index in [1.807, 2.05) is 12.1 Å². The van der Waals surface area contributed by atoms with Gasteiger partial charge in [0.05, 0.1) is 0 Å². The number of hydrazine groups is 1. The standard InChI is InChI=1S/C19H28FN7/c20-16-7-12(19(22)24-18(21)25-26-19)5-6-14(16)17-15-10-27(9-11(15)8-23-17)13-3-1-2-4-13/h5-7,11,13,15,17,23,26H,1-4,8-10,22H2,(H3,21,24,25). The summed E-state index contributed by atoms with van der Waals surface area (Å²) in [7, 11) is 0. The van der Waals surface area contributed by atoms with Crippen LogP contribution >= 0.6 is 0 Å². The Morgan fingerprint density at radius 2 is 2.04 bits per heavy atom. The Labute approximate surface area is 158 Å². The van der Waals surface area contributed by atoms with Gasteiger partial charge in [0.25, 0.3) is 0 Å². The molecule has 27 heavy (non-hydrogen) atoms. The summed E-state index contributed by atoms with van der Waals surface area (Å²) in [6.07, 6.45) is 5.35. The lowest BCUT2D eigenvalue weighted by atomic mass is 9.89. The third-order valence-electron chi connectivity index (χ3n) is 6.84. The van der Waals surface area contributed by atoms with Gasteiger partial charge in [0, 0.05) is 42.8 Å². The zero-order chi connectivity index (χ0) is 18.6. The highest BCUT2D eigenvalue weighted by molar-refractivity contribution is 5.79. The fourth-order valence-corrected chi connectivity index (χ4v) is 5.42. The first-order valence-corrected chi connectivity index (χ1v) is 9.98. The topological polar surface area (TPSA) is 104 Å². The molecule has 7 nitrogen and oxygen atoms in total. The summed E-state index contributed by atoms with van der Waals surface area (Å²) < 4.78 is 15.0. The van der Waals surface area contributed by atoms with Gasteiger partial charge in [-0.1, -0.05) is 25.0 Å². The van der Waals surface area contributed by atoms with Crippen LogP contribution < -0.4 is 27.6 Å². The van der Waals surface area contributed by atoms with Gasteiger partial charge in [-0.2, -0.15) is 5.43 Å². The maximum absolute atomic E-state index is 15.0. The zero-order valence-electron chi connectivity index (χ0n) is 15.4. The molecule has 4 aliphatic rings. The van der Waals surface area contributed by atoms with Gasteiger partial charge in [0.15, 0.2) is 0 Å². The zero-order valence-corrected chi connectivity index (χ0v) is 15.4. The molecule has 0 spiro atoms. The van der Waals surface area contributed by atoms with Gasteiger partial charge in [-0.25, -0.2) is 9.38 Å². The van der Waals surface area contributed by atoms with Crippen LogP contribution in [0.4, 0.5) is 4.39 Å². The van der Waals surface area contributed by atoms with Crippen LogP contribution in [0.15, 0.2) is 23.2 Å². The van der Waals surface area contributed by atoms with Crippen molar-refractivity contribution in [2.24, 2.45) is 28.3 Å². The van der Waals surface area contributed by atoms with Crippen LogP contribution in [0.2, 0.25) is 0 Å². The van der Waals surface area contributed by atoms with Crippen molar-refractivity contribution in [3.05, 3.63) is 35.1 Å². The normalized spacial score (nSPS) is 36.8. The number of halogens is 1. The number of nitrogens with zero attached hydrogens (tertiary/aromatic N) is 2. The van der Waals surface area contributed by atoms with E-state index in [9.17, 15) is 0 Å². The molecule has 3 heterocycles. The first-order valence-electron chi connectivity index (χ1n) is 9.98. The summed E-state index contributed by atoms with van der Waals surface area (Å²) in [4.78, 5) is 6.78. The molecule has 0 bridgehead atoms. The molecule has 2 saturated heterocycles. The number of hydrogen-bond donors (Lipinski definition) is 5. The van der Waals surface area contributed by atoms with E-state index in [-0.39, 0.29) is 17.8 Å². The molecular weight excluding hydrogens is 345 g/mol. The highest BCUT2D eigenvalue weighted by atomic mass is 19.1. The second-order valence-corrected chi connectivity index (χ2v) is 8.45. The molecule has 4 atom stereocenters. The van der Waals surface area contributed by atoms with Gasteiger partial charge in [-0.05, 0) is 30.7 Å². The second-order valence-electron chi connectivity index (χ2n) is 8.45. The molecule has 0 radical (unpaired) electrons. The van der Waals surface area contributed by atoms with Crippen LogP contribution in [0.25, 0.3) is 0 Å². The van der Waals surface area contributed by atoms with Crippen molar-refractivity contribution in [1.82, 2.24) is 21.1 Å². The lowest BCUT2D eigenvalue weighted by molar-refractivity contribution is 0.223. The molecular formula is C19H28FN7. The highest BCUT2D eigenvalue weighted by Gasteiger charge is 2.45. The van der Waals surface area contributed by atoms with Crippen LogP contribution in [0.1, 0.15) is 42.9 Å². The summed E-state index contributed by atoms with van der Waals surface area (Å²) in [6.45, 7) is 3.18. The van der Waals surface area contributed by atoms with E-state index in [2.05, 4.69) is 26.1 Å². The van der Waals surface area contributed by atoms with Gasteiger partial charge in [0.1, 0.15) is 5.82 Å². The second kappa shape index (κ2) is 6.41. The Hall–Kier alpha value is -1.74. The van der Waals surface area contributed by atoms with E-state index in [0.717, 1.165) is 31.2 Å². The van der Waals surface area contributed by atoms with Crippen molar-refractivity contribution in [3.8, 4) is 0 Å². The molecule has 4 unspecified atom stereocenters. The Morgan fingerprint density at radius 1 is 1.22 bits per heavy atom. The van der Waals surface area contributed by atoms with Crippen LogP contribution in [0.5, 0.6) is 0 Å². The van der Waals surface area contributed by atoms with Crippen molar-refractivity contribution in [2.75, 3.05) is 19.6 Å². The number of fused-ring (bicyclic) bond motifs is 1. The molecule has 3 aliphatic heterocycles. The first-order chi connectivity index (χ1) is 13.0. The van der Waals surface area contributed by atoms with Crippen molar-refractivity contribution in [3.63, 3.8) is 0 Å². The van der Waals surface area contributed by atoms with Crippen molar-refractivity contribution >= 4 is 5.96 Å². The number of nitrogens with two attached hydrogens (primary N) is 2. The minimum atomic E-state index is -1.23. The van der Waals surface area contributed by atoms with E-state index in [1.165, 1.54) is 31.7 Å². The molecule has 0 aromatic heterocycles. The van der Waals surface area contributed by atoms with Crippen LogP contribution in [-0.4, -0.2) is 36.5 Å². The quantitative estimate of drug-likeness (QED) is 0.527. The molecule has 5 rings (SSSR count). The van der Waals surface area contributed by atoms with Gasteiger partial charge < -0.3 is 11.1 Å². The van der Waals surface area contributed by atoms with Crippen molar-refractivity contribution < 1.29 is 4.39 Å². The summed E-state index contributed by atoms with van der Waals surface area (Å²) in [6, 6.07) is 5.97. The minimum Gasteiger partial charge on any atom is -0.369 e. The average Bonchev–Trinajstić information content (AvgIpc) is 3.39. The fraction of sp³-hybridized carbons (Fsp3) is 0.632. The summed E-state index contributed by atoms with van der Waals surface area (Å²) in [5.41, 5.74) is 18.6. The number of likely N-dealkylation sites (tertiary alicyclic amines) is 1. The smallest absolute Gasteiger partial charge is 0.209 e. The van der Waals surface area contributed by atoms with Crippen molar-refractivity contribution in [1.29, 1.82) is 0 Å². The predicted molar refractivity (Wildman–Crippen MR) is 102 cm³/mol.